The van der Waals surface area contributed by atoms with E-state index in [1.165, 1.54) is 32.1 Å². The Balaban J connectivity index is 2.32. The molecule has 0 aromatic heterocycles. The monoisotopic (exact) mass is 241 g/mol. The van der Waals surface area contributed by atoms with Gasteiger partial charge in [0, 0.05) is 18.6 Å². The number of rotatable bonds is 7. The van der Waals surface area contributed by atoms with E-state index in [0.717, 1.165) is 26.3 Å². The first-order valence-electron chi connectivity index (χ1n) is 7.26. The third-order valence-corrected chi connectivity index (χ3v) is 3.75. The Bertz CT molecular complexity index is 201. The van der Waals surface area contributed by atoms with Gasteiger partial charge < -0.3 is 10.1 Å². The molecule has 0 aromatic rings. The van der Waals surface area contributed by atoms with Crippen molar-refractivity contribution in [3.63, 3.8) is 0 Å². The van der Waals surface area contributed by atoms with Crippen molar-refractivity contribution < 1.29 is 4.74 Å². The Morgan fingerprint density at radius 2 is 2.06 bits per heavy atom. The second-order valence-electron chi connectivity index (χ2n) is 6.89. The summed E-state index contributed by atoms with van der Waals surface area (Å²) in [6, 6.07) is 0. The van der Waals surface area contributed by atoms with Crippen LogP contribution in [0.4, 0.5) is 0 Å². The second-order valence-corrected chi connectivity index (χ2v) is 6.89. The van der Waals surface area contributed by atoms with Crippen LogP contribution < -0.4 is 5.32 Å². The van der Waals surface area contributed by atoms with Gasteiger partial charge in [0.2, 0.25) is 0 Å². The van der Waals surface area contributed by atoms with Crippen LogP contribution >= 0.6 is 0 Å². The molecule has 1 fully saturated rings. The fourth-order valence-electron chi connectivity index (χ4n) is 2.60. The summed E-state index contributed by atoms with van der Waals surface area (Å²) in [6.07, 6.45) is 6.44. The minimum Gasteiger partial charge on any atom is -0.381 e. The molecule has 0 bridgehead atoms. The molecule has 2 nitrogen and oxygen atoms in total. The molecule has 0 amide bonds. The summed E-state index contributed by atoms with van der Waals surface area (Å²) in [6.45, 7) is 13.4. The summed E-state index contributed by atoms with van der Waals surface area (Å²) in [7, 11) is 0. The van der Waals surface area contributed by atoms with Crippen LogP contribution in [0.3, 0.4) is 0 Å². The molecule has 1 saturated heterocycles. The van der Waals surface area contributed by atoms with Gasteiger partial charge >= 0.3 is 0 Å². The third-order valence-electron chi connectivity index (χ3n) is 3.75. The Morgan fingerprint density at radius 1 is 1.29 bits per heavy atom. The molecule has 17 heavy (non-hydrogen) atoms. The van der Waals surface area contributed by atoms with Crippen molar-refractivity contribution in [2.45, 2.75) is 59.8 Å². The number of nitrogens with one attached hydrogen (secondary N) is 1. The highest BCUT2D eigenvalue weighted by Crippen LogP contribution is 2.35. The molecule has 1 aliphatic heterocycles. The van der Waals surface area contributed by atoms with Gasteiger partial charge in [0.05, 0.1) is 6.61 Å². The van der Waals surface area contributed by atoms with E-state index in [1.54, 1.807) is 0 Å². The van der Waals surface area contributed by atoms with Gasteiger partial charge in [0.1, 0.15) is 0 Å². The summed E-state index contributed by atoms with van der Waals surface area (Å²) >= 11 is 0. The lowest BCUT2D eigenvalue weighted by atomic mass is 9.79. The summed E-state index contributed by atoms with van der Waals surface area (Å²) in [4.78, 5) is 0. The topological polar surface area (TPSA) is 21.3 Å². The van der Waals surface area contributed by atoms with Crippen molar-refractivity contribution in [3.8, 4) is 0 Å². The Labute approximate surface area is 108 Å². The van der Waals surface area contributed by atoms with E-state index in [4.69, 9.17) is 4.74 Å². The van der Waals surface area contributed by atoms with Crippen LogP contribution in [0.1, 0.15) is 59.8 Å². The average molecular weight is 241 g/mol. The maximum Gasteiger partial charge on any atom is 0.0535 e. The smallest absolute Gasteiger partial charge is 0.0535 e. The zero-order valence-corrected chi connectivity index (χ0v) is 12.3. The van der Waals surface area contributed by atoms with Gasteiger partial charge in [0.25, 0.3) is 0 Å². The number of hydrogen-bond donors (Lipinski definition) is 1. The second kappa shape index (κ2) is 6.75. The highest BCUT2D eigenvalue weighted by molar-refractivity contribution is 4.85. The lowest BCUT2D eigenvalue weighted by Crippen LogP contribution is -2.35. The molecule has 0 radical (unpaired) electrons. The largest absolute Gasteiger partial charge is 0.381 e. The zero-order valence-electron chi connectivity index (χ0n) is 12.3. The van der Waals surface area contributed by atoms with Crippen molar-refractivity contribution in [2.24, 2.45) is 10.8 Å². The first kappa shape index (κ1) is 15.0. The van der Waals surface area contributed by atoms with Crippen LogP contribution in [0, 0.1) is 10.8 Å². The molecule has 0 saturated carbocycles. The maximum absolute atomic E-state index is 5.63. The van der Waals surface area contributed by atoms with Crippen molar-refractivity contribution in [1.29, 1.82) is 0 Å². The minimum atomic E-state index is 0.431. The quantitative estimate of drug-likeness (QED) is 0.688. The third kappa shape index (κ3) is 5.87. The summed E-state index contributed by atoms with van der Waals surface area (Å²) in [5.41, 5.74) is 0.901. The fourth-order valence-corrected chi connectivity index (χ4v) is 2.60. The molecule has 1 rings (SSSR count). The molecule has 1 N–H and O–H groups in total. The van der Waals surface area contributed by atoms with E-state index in [-0.39, 0.29) is 0 Å². The molecule has 1 unspecified atom stereocenters. The lowest BCUT2D eigenvalue weighted by Gasteiger charge is -2.29. The predicted molar refractivity (Wildman–Crippen MR) is 74.3 cm³/mol. The normalized spacial score (nSPS) is 25.4. The van der Waals surface area contributed by atoms with E-state index < -0.39 is 0 Å². The van der Waals surface area contributed by atoms with Crippen LogP contribution in [-0.2, 0) is 4.74 Å². The van der Waals surface area contributed by atoms with E-state index in [2.05, 4.69) is 33.0 Å². The molecule has 0 aromatic carbocycles. The van der Waals surface area contributed by atoms with E-state index in [9.17, 15) is 0 Å². The highest BCUT2D eigenvalue weighted by atomic mass is 16.5. The first-order chi connectivity index (χ1) is 7.97. The summed E-state index contributed by atoms with van der Waals surface area (Å²) in [5, 5.41) is 3.59. The Kier molecular flexibility index (Phi) is 5.94. The van der Waals surface area contributed by atoms with Crippen LogP contribution in [0.15, 0.2) is 0 Å². The Morgan fingerprint density at radius 3 is 2.59 bits per heavy atom. The lowest BCUT2D eigenvalue weighted by molar-refractivity contribution is 0.139. The SMILES string of the molecule is CCCNCC1(CCCC(C)(C)C)CCOC1. The summed E-state index contributed by atoms with van der Waals surface area (Å²) < 4.78 is 5.63. The molecule has 1 aliphatic rings. The molecule has 0 spiro atoms. The van der Waals surface area contributed by atoms with Crippen molar-refractivity contribution >= 4 is 0 Å². The van der Waals surface area contributed by atoms with Crippen LogP contribution in [0.2, 0.25) is 0 Å². The van der Waals surface area contributed by atoms with Gasteiger partial charge in [-0.05, 0) is 37.6 Å². The maximum atomic E-state index is 5.63. The van der Waals surface area contributed by atoms with Gasteiger partial charge in [0.15, 0.2) is 0 Å². The van der Waals surface area contributed by atoms with Crippen LogP contribution in [0.25, 0.3) is 0 Å². The molecular weight excluding hydrogens is 210 g/mol. The van der Waals surface area contributed by atoms with Crippen LogP contribution in [-0.4, -0.2) is 26.3 Å². The molecule has 2 heteroatoms. The molecular formula is C15H31NO. The number of ether oxygens (including phenoxy) is 1. The minimum absolute atomic E-state index is 0.431. The zero-order chi connectivity index (χ0) is 12.8. The van der Waals surface area contributed by atoms with Crippen molar-refractivity contribution in [2.75, 3.05) is 26.3 Å². The average Bonchev–Trinajstić information content (AvgIpc) is 2.65. The highest BCUT2D eigenvalue weighted by Gasteiger charge is 2.34. The van der Waals surface area contributed by atoms with E-state index in [0.29, 0.717) is 10.8 Å². The van der Waals surface area contributed by atoms with E-state index in [1.807, 2.05) is 0 Å². The molecule has 0 aliphatic carbocycles. The standard InChI is InChI=1S/C15H31NO/c1-5-10-16-12-15(9-11-17-13-15)8-6-7-14(2,3)4/h16H,5-13H2,1-4H3. The van der Waals surface area contributed by atoms with Crippen molar-refractivity contribution in [1.82, 2.24) is 5.32 Å². The molecule has 1 atom stereocenters. The van der Waals surface area contributed by atoms with Gasteiger partial charge in [-0.3, -0.25) is 0 Å². The van der Waals surface area contributed by atoms with Crippen LogP contribution in [0.5, 0.6) is 0 Å². The van der Waals surface area contributed by atoms with Gasteiger partial charge in [-0.1, -0.05) is 34.1 Å². The van der Waals surface area contributed by atoms with Gasteiger partial charge in [-0.25, -0.2) is 0 Å². The van der Waals surface area contributed by atoms with Gasteiger partial charge in [-0.2, -0.15) is 0 Å². The molecule has 102 valence electrons. The molecule has 1 heterocycles. The first-order valence-corrected chi connectivity index (χ1v) is 7.26. The van der Waals surface area contributed by atoms with Crippen molar-refractivity contribution in [3.05, 3.63) is 0 Å². The summed E-state index contributed by atoms with van der Waals surface area (Å²) in [5.74, 6) is 0. The van der Waals surface area contributed by atoms with E-state index >= 15 is 0 Å². The number of hydrogen-bond acceptors (Lipinski definition) is 2. The predicted octanol–water partition coefficient (Wildman–Crippen LogP) is 3.61. The fraction of sp³-hybridized carbons (Fsp3) is 1.00. The van der Waals surface area contributed by atoms with Gasteiger partial charge in [-0.15, -0.1) is 0 Å². The Hall–Kier alpha value is -0.0800.